The first-order chi connectivity index (χ1) is 14.9. The summed E-state index contributed by atoms with van der Waals surface area (Å²) in [6.45, 7) is 2.86. The number of carbonyl (C=O) groups is 2. The third-order valence-electron chi connectivity index (χ3n) is 4.38. The zero-order valence-electron chi connectivity index (χ0n) is 16.7. The van der Waals surface area contributed by atoms with Crippen LogP contribution in [-0.2, 0) is 9.59 Å². The predicted molar refractivity (Wildman–Crippen MR) is 132 cm³/mol. The summed E-state index contributed by atoms with van der Waals surface area (Å²) in [5.74, 6) is 0.427. The molecular weight excluding hydrogens is 475 g/mol. The van der Waals surface area contributed by atoms with Crippen LogP contribution >= 0.6 is 47.2 Å². The predicted octanol–water partition coefficient (Wildman–Crippen LogP) is 6.01. The highest BCUT2D eigenvalue weighted by Gasteiger charge is 2.31. The van der Waals surface area contributed by atoms with E-state index in [0.29, 0.717) is 50.1 Å². The molecule has 2 amide bonds. The standard InChI is InChI=1S/C22H20Cl2N2O3S2/c1-2-29-16-10-8-15(9-11-16)25-19(27)7-4-12-26-21(28)18(31-22(26)30)13-14-5-3-6-17(23)20(14)24/h3,5-6,8-11,13H,2,4,7,12H2,1H3,(H,25,27)/b18-13-. The molecule has 0 bridgehead atoms. The average molecular weight is 495 g/mol. The fourth-order valence-electron chi connectivity index (χ4n) is 2.89. The number of anilines is 1. The Kier molecular flexibility index (Phi) is 8.37. The fraction of sp³-hybridized carbons (Fsp3) is 0.227. The SMILES string of the molecule is CCOc1ccc(NC(=O)CCCN2C(=O)/C(=C/c3cccc(Cl)c3Cl)SC2=S)cc1. The number of carbonyl (C=O) groups excluding carboxylic acids is 2. The summed E-state index contributed by atoms with van der Waals surface area (Å²) in [4.78, 5) is 26.9. The van der Waals surface area contributed by atoms with Gasteiger partial charge in [-0.2, -0.15) is 0 Å². The molecule has 1 fully saturated rings. The van der Waals surface area contributed by atoms with Gasteiger partial charge in [-0.1, -0.05) is 59.3 Å². The van der Waals surface area contributed by atoms with Crippen LogP contribution in [0.25, 0.3) is 6.08 Å². The van der Waals surface area contributed by atoms with E-state index in [1.165, 1.54) is 16.7 Å². The molecule has 0 radical (unpaired) electrons. The van der Waals surface area contributed by atoms with Crippen LogP contribution in [0, 0.1) is 0 Å². The van der Waals surface area contributed by atoms with Gasteiger partial charge in [0, 0.05) is 18.7 Å². The second-order valence-electron chi connectivity index (χ2n) is 6.59. The summed E-state index contributed by atoms with van der Waals surface area (Å²) in [7, 11) is 0. The van der Waals surface area contributed by atoms with Crippen LogP contribution < -0.4 is 10.1 Å². The van der Waals surface area contributed by atoms with Crippen LogP contribution in [0.3, 0.4) is 0 Å². The van der Waals surface area contributed by atoms with Crippen LogP contribution in [0.4, 0.5) is 5.69 Å². The Morgan fingerprint density at radius 2 is 1.97 bits per heavy atom. The van der Waals surface area contributed by atoms with Gasteiger partial charge in [-0.25, -0.2) is 0 Å². The van der Waals surface area contributed by atoms with E-state index >= 15 is 0 Å². The molecule has 0 atom stereocenters. The van der Waals surface area contributed by atoms with Gasteiger partial charge in [-0.3, -0.25) is 14.5 Å². The monoisotopic (exact) mass is 494 g/mol. The van der Waals surface area contributed by atoms with Crippen LogP contribution in [0.1, 0.15) is 25.3 Å². The summed E-state index contributed by atoms with van der Waals surface area (Å²) >= 11 is 18.8. The number of benzene rings is 2. The molecule has 1 aliphatic heterocycles. The molecule has 9 heteroatoms. The van der Waals surface area contributed by atoms with Crippen LogP contribution in [-0.4, -0.2) is 34.2 Å². The van der Waals surface area contributed by atoms with E-state index in [2.05, 4.69) is 5.32 Å². The number of amides is 2. The first-order valence-electron chi connectivity index (χ1n) is 9.61. The molecule has 0 unspecified atom stereocenters. The maximum Gasteiger partial charge on any atom is 0.266 e. The molecule has 0 saturated carbocycles. The topological polar surface area (TPSA) is 58.6 Å². The molecular formula is C22H20Cl2N2O3S2. The van der Waals surface area contributed by atoms with Crippen molar-refractivity contribution in [3.63, 3.8) is 0 Å². The molecule has 2 aromatic carbocycles. The van der Waals surface area contributed by atoms with Crippen molar-refractivity contribution in [1.82, 2.24) is 4.90 Å². The first-order valence-corrected chi connectivity index (χ1v) is 11.6. The Labute approximate surface area is 200 Å². The minimum Gasteiger partial charge on any atom is -0.494 e. The highest BCUT2D eigenvalue weighted by atomic mass is 35.5. The van der Waals surface area contributed by atoms with E-state index in [-0.39, 0.29) is 18.2 Å². The van der Waals surface area contributed by atoms with Crippen molar-refractivity contribution in [2.45, 2.75) is 19.8 Å². The molecule has 0 aliphatic carbocycles. The van der Waals surface area contributed by atoms with Crippen molar-refractivity contribution >= 4 is 75.1 Å². The van der Waals surface area contributed by atoms with Crippen LogP contribution in [0.15, 0.2) is 47.4 Å². The number of nitrogens with zero attached hydrogens (tertiary/aromatic N) is 1. The molecule has 31 heavy (non-hydrogen) atoms. The smallest absolute Gasteiger partial charge is 0.266 e. The minimum atomic E-state index is -0.196. The van der Waals surface area contributed by atoms with E-state index in [0.717, 1.165) is 5.75 Å². The van der Waals surface area contributed by atoms with Gasteiger partial charge in [0.05, 0.1) is 21.6 Å². The normalized spacial score (nSPS) is 14.9. The fourth-order valence-corrected chi connectivity index (χ4v) is 4.55. The Morgan fingerprint density at radius 3 is 2.68 bits per heavy atom. The highest BCUT2D eigenvalue weighted by molar-refractivity contribution is 8.26. The third-order valence-corrected chi connectivity index (χ3v) is 6.59. The zero-order valence-corrected chi connectivity index (χ0v) is 19.8. The molecule has 1 aliphatic rings. The second-order valence-corrected chi connectivity index (χ2v) is 9.05. The Bertz CT molecular complexity index is 1030. The maximum absolute atomic E-state index is 12.7. The second kappa shape index (κ2) is 11.0. The molecule has 2 aromatic rings. The molecule has 1 saturated heterocycles. The maximum atomic E-state index is 12.7. The molecule has 5 nitrogen and oxygen atoms in total. The van der Waals surface area contributed by atoms with Gasteiger partial charge in [-0.15, -0.1) is 0 Å². The van der Waals surface area contributed by atoms with Crippen LogP contribution in [0.5, 0.6) is 5.75 Å². The van der Waals surface area contributed by atoms with E-state index in [1.807, 2.05) is 6.92 Å². The molecule has 162 valence electrons. The molecule has 0 spiro atoms. The third kappa shape index (κ3) is 6.23. The van der Waals surface area contributed by atoms with Gasteiger partial charge in [0.1, 0.15) is 10.1 Å². The number of hydrogen-bond donors (Lipinski definition) is 1. The Hall–Kier alpha value is -2.06. The quantitative estimate of drug-likeness (QED) is 0.359. The van der Waals surface area contributed by atoms with Gasteiger partial charge in [0.2, 0.25) is 5.91 Å². The van der Waals surface area contributed by atoms with E-state index in [9.17, 15) is 9.59 Å². The summed E-state index contributed by atoms with van der Waals surface area (Å²) in [6.07, 6.45) is 2.44. The van der Waals surface area contributed by atoms with E-state index < -0.39 is 0 Å². The molecule has 3 rings (SSSR count). The number of ether oxygens (including phenoxy) is 1. The number of thiocarbonyl (C=S) groups is 1. The van der Waals surface area contributed by atoms with Crippen molar-refractivity contribution in [3.05, 3.63) is 63.0 Å². The number of nitrogens with one attached hydrogen (secondary N) is 1. The van der Waals surface area contributed by atoms with Gasteiger partial charge in [-0.05, 0) is 55.3 Å². The van der Waals surface area contributed by atoms with E-state index in [1.54, 1.807) is 48.5 Å². The van der Waals surface area contributed by atoms with Crippen molar-refractivity contribution < 1.29 is 14.3 Å². The Balaban J connectivity index is 1.53. The highest BCUT2D eigenvalue weighted by Crippen LogP contribution is 2.35. The number of thioether (sulfide) groups is 1. The van der Waals surface area contributed by atoms with Gasteiger partial charge < -0.3 is 10.1 Å². The lowest BCUT2D eigenvalue weighted by molar-refractivity contribution is -0.122. The average Bonchev–Trinajstić information content (AvgIpc) is 3.00. The van der Waals surface area contributed by atoms with Crippen molar-refractivity contribution in [1.29, 1.82) is 0 Å². The van der Waals surface area contributed by atoms with Crippen molar-refractivity contribution in [2.24, 2.45) is 0 Å². The van der Waals surface area contributed by atoms with Crippen LogP contribution in [0.2, 0.25) is 10.0 Å². The lowest BCUT2D eigenvalue weighted by atomic mass is 10.2. The largest absolute Gasteiger partial charge is 0.494 e. The van der Waals surface area contributed by atoms with Gasteiger partial charge >= 0.3 is 0 Å². The number of hydrogen-bond acceptors (Lipinski definition) is 5. The van der Waals surface area contributed by atoms with Gasteiger partial charge in [0.15, 0.2) is 0 Å². The van der Waals surface area contributed by atoms with Crippen molar-refractivity contribution in [3.8, 4) is 5.75 Å². The molecule has 1 N–H and O–H groups in total. The first kappa shape index (κ1) is 23.6. The lowest BCUT2D eigenvalue weighted by Crippen LogP contribution is -2.29. The lowest BCUT2D eigenvalue weighted by Gasteiger charge is -2.14. The summed E-state index contributed by atoms with van der Waals surface area (Å²) in [6, 6.07) is 12.4. The number of rotatable bonds is 8. The van der Waals surface area contributed by atoms with Crippen molar-refractivity contribution in [2.75, 3.05) is 18.5 Å². The summed E-state index contributed by atoms with van der Waals surface area (Å²) in [5.41, 5.74) is 1.35. The summed E-state index contributed by atoms with van der Waals surface area (Å²) < 4.78 is 5.84. The minimum absolute atomic E-state index is 0.129. The molecule has 1 heterocycles. The van der Waals surface area contributed by atoms with Gasteiger partial charge in [0.25, 0.3) is 5.91 Å². The summed E-state index contributed by atoms with van der Waals surface area (Å²) in [5, 5.41) is 3.65. The Morgan fingerprint density at radius 1 is 1.23 bits per heavy atom. The zero-order chi connectivity index (χ0) is 22.4. The van der Waals surface area contributed by atoms with E-state index in [4.69, 9.17) is 40.2 Å². The molecule has 0 aromatic heterocycles. The number of halogens is 2.